The fourth-order valence-corrected chi connectivity index (χ4v) is 2.32. The normalized spacial score (nSPS) is 10.1. The van der Waals surface area contributed by atoms with Crippen LogP contribution in [0.15, 0.2) is 67.1 Å². The highest BCUT2D eigenvalue weighted by molar-refractivity contribution is 6.03. The Kier molecular flexibility index (Phi) is 4.75. The fourth-order valence-electron chi connectivity index (χ4n) is 2.32. The van der Waals surface area contributed by atoms with E-state index in [1.165, 1.54) is 13.2 Å². The number of benzene rings is 2. The standard InChI is InChI=1S/C18H17N5O2/c1-19-18(25)22-14-7-5-6-13(10-14)21-17(24)16-11-20-12-23(16)15-8-3-2-4-9-15/h2-12H,1H3,(H,21,24)(H2,19,22,25). The Hall–Kier alpha value is -3.61. The lowest BCUT2D eigenvalue weighted by Gasteiger charge is -2.10. The maximum absolute atomic E-state index is 12.6. The van der Waals surface area contributed by atoms with Gasteiger partial charge in [0.15, 0.2) is 0 Å². The van der Waals surface area contributed by atoms with Crippen LogP contribution in [0.4, 0.5) is 16.2 Å². The van der Waals surface area contributed by atoms with Crippen molar-refractivity contribution in [1.29, 1.82) is 0 Å². The third kappa shape index (κ3) is 3.84. The largest absolute Gasteiger partial charge is 0.341 e. The number of nitrogens with zero attached hydrogens (tertiary/aromatic N) is 2. The predicted octanol–water partition coefficient (Wildman–Crippen LogP) is 2.88. The van der Waals surface area contributed by atoms with Gasteiger partial charge in [-0.3, -0.25) is 9.36 Å². The van der Waals surface area contributed by atoms with E-state index in [4.69, 9.17) is 0 Å². The van der Waals surface area contributed by atoms with Crippen LogP contribution in [-0.2, 0) is 0 Å². The van der Waals surface area contributed by atoms with E-state index >= 15 is 0 Å². The minimum Gasteiger partial charge on any atom is -0.341 e. The number of imidazole rings is 1. The molecule has 0 unspecified atom stereocenters. The Morgan fingerprint density at radius 3 is 2.40 bits per heavy atom. The van der Waals surface area contributed by atoms with E-state index in [-0.39, 0.29) is 11.9 Å². The van der Waals surface area contributed by atoms with Gasteiger partial charge in [-0.05, 0) is 30.3 Å². The second-order valence-electron chi connectivity index (χ2n) is 5.22. The second kappa shape index (κ2) is 7.31. The number of anilines is 2. The van der Waals surface area contributed by atoms with Crippen LogP contribution >= 0.6 is 0 Å². The lowest BCUT2D eigenvalue weighted by molar-refractivity contribution is 0.102. The van der Waals surface area contributed by atoms with Crippen molar-refractivity contribution in [2.24, 2.45) is 0 Å². The molecule has 3 amide bonds. The Bertz CT molecular complexity index is 889. The van der Waals surface area contributed by atoms with Crippen LogP contribution in [0.2, 0.25) is 0 Å². The smallest absolute Gasteiger partial charge is 0.318 e. The van der Waals surface area contributed by atoms with Crippen LogP contribution < -0.4 is 16.0 Å². The molecule has 0 saturated carbocycles. The van der Waals surface area contributed by atoms with Gasteiger partial charge >= 0.3 is 6.03 Å². The Balaban J connectivity index is 1.79. The van der Waals surface area contributed by atoms with Gasteiger partial charge in [0.2, 0.25) is 0 Å². The quantitative estimate of drug-likeness (QED) is 0.685. The van der Waals surface area contributed by atoms with Crippen LogP contribution in [0.25, 0.3) is 5.69 Å². The van der Waals surface area contributed by atoms with Crippen LogP contribution in [0.1, 0.15) is 10.5 Å². The molecule has 0 saturated heterocycles. The number of rotatable bonds is 4. The summed E-state index contributed by atoms with van der Waals surface area (Å²) in [6.45, 7) is 0. The van der Waals surface area contributed by atoms with Gasteiger partial charge in [-0.2, -0.15) is 0 Å². The van der Waals surface area contributed by atoms with E-state index in [9.17, 15) is 9.59 Å². The van der Waals surface area contributed by atoms with Gasteiger partial charge in [-0.1, -0.05) is 24.3 Å². The third-order valence-electron chi connectivity index (χ3n) is 3.51. The van der Waals surface area contributed by atoms with E-state index in [2.05, 4.69) is 20.9 Å². The summed E-state index contributed by atoms with van der Waals surface area (Å²) in [7, 11) is 1.53. The highest BCUT2D eigenvalue weighted by Crippen LogP contribution is 2.17. The first kappa shape index (κ1) is 16.3. The van der Waals surface area contributed by atoms with Gasteiger partial charge in [-0.25, -0.2) is 9.78 Å². The maximum Gasteiger partial charge on any atom is 0.318 e. The van der Waals surface area contributed by atoms with E-state index in [0.717, 1.165) is 5.69 Å². The Morgan fingerprint density at radius 2 is 1.68 bits per heavy atom. The van der Waals surface area contributed by atoms with Gasteiger partial charge < -0.3 is 16.0 Å². The van der Waals surface area contributed by atoms with Gasteiger partial charge in [0.1, 0.15) is 5.69 Å². The lowest BCUT2D eigenvalue weighted by Crippen LogP contribution is -2.24. The molecule has 25 heavy (non-hydrogen) atoms. The zero-order valence-corrected chi connectivity index (χ0v) is 13.6. The molecule has 0 aliphatic rings. The zero-order valence-electron chi connectivity index (χ0n) is 13.6. The Labute approximate surface area is 144 Å². The minimum absolute atomic E-state index is 0.293. The summed E-state index contributed by atoms with van der Waals surface area (Å²) in [5.41, 5.74) is 2.41. The number of carbonyl (C=O) groups is 2. The summed E-state index contributed by atoms with van der Waals surface area (Å²) in [6, 6.07) is 16.1. The molecule has 0 atom stereocenters. The summed E-state index contributed by atoms with van der Waals surface area (Å²) in [5, 5.41) is 7.95. The molecule has 126 valence electrons. The van der Waals surface area contributed by atoms with E-state index in [1.54, 1.807) is 35.2 Å². The summed E-state index contributed by atoms with van der Waals surface area (Å²) >= 11 is 0. The van der Waals surface area contributed by atoms with E-state index < -0.39 is 0 Å². The first-order valence-corrected chi connectivity index (χ1v) is 7.65. The molecule has 3 rings (SSSR count). The monoisotopic (exact) mass is 335 g/mol. The van der Waals surface area contributed by atoms with E-state index in [0.29, 0.717) is 17.1 Å². The van der Waals surface area contributed by atoms with Gasteiger partial charge in [0.25, 0.3) is 5.91 Å². The van der Waals surface area contributed by atoms with Crippen molar-refractivity contribution in [3.63, 3.8) is 0 Å². The first-order valence-electron chi connectivity index (χ1n) is 7.65. The molecule has 0 spiro atoms. The van der Waals surface area contributed by atoms with Crippen molar-refractivity contribution in [2.75, 3.05) is 17.7 Å². The molecule has 7 nitrogen and oxygen atoms in total. The van der Waals surface area contributed by atoms with Crippen molar-refractivity contribution < 1.29 is 9.59 Å². The molecule has 7 heteroatoms. The molecular formula is C18H17N5O2. The van der Waals surface area contributed by atoms with Crippen LogP contribution in [0, 0.1) is 0 Å². The number of hydrogen-bond donors (Lipinski definition) is 3. The van der Waals surface area contributed by atoms with Crippen molar-refractivity contribution in [3.8, 4) is 5.69 Å². The summed E-state index contributed by atoms with van der Waals surface area (Å²) in [5.74, 6) is -0.293. The third-order valence-corrected chi connectivity index (χ3v) is 3.51. The number of nitrogens with one attached hydrogen (secondary N) is 3. The second-order valence-corrected chi connectivity index (χ2v) is 5.22. The van der Waals surface area contributed by atoms with Crippen LogP contribution in [-0.4, -0.2) is 28.5 Å². The van der Waals surface area contributed by atoms with Crippen molar-refractivity contribution in [1.82, 2.24) is 14.9 Å². The predicted molar refractivity (Wildman–Crippen MR) is 96.0 cm³/mol. The highest BCUT2D eigenvalue weighted by Gasteiger charge is 2.13. The molecule has 0 aliphatic heterocycles. The number of para-hydroxylation sites is 1. The van der Waals surface area contributed by atoms with Gasteiger partial charge in [-0.15, -0.1) is 0 Å². The average Bonchev–Trinajstić information content (AvgIpc) is 3.12. The topological polar surface area (TPSA) is 88.1 Å². The molecule has 0 fully saturated rings. The molecule has 3 aromatic rings. The SMILES string of the molecule is CNC(=O)Nc1cccc(NC(=O)c2cncn2-c2ccccc2)c1. The molecule has 0 aliphatic carbocycles. The zero-order chi connectivity index (χ0) is 17.6. The molecule has 3 N–H and O–H groups in total. The fraction of sp³-hybridized carbons (Fsp3) is 0.0556. The maximum atomic E-state index is 12.6. The van der Waals surface area contributed by atoms with Crippen molar-refractivity contribution >= 4 is 23.3 Å². The molecular weight excluding hydrogens is 318 g/mol. The molecule has 1 heterocycles. The molecule has 1 aromatic heterocycles. The van der Waals surface area contributed by atoms with Crippen LogP contribution in [0.3, 0.4) is 0 Å². The first-order chi connectivity index (χ1) is 12.2. The number of carbonyl (C=O) groups excluding carboxylic acids is 2. The van der Waals surface area contributed by atoms with Gasteiger partial charge in [0, 0.05) is 24.1 Å². The average molecular weight is 335 g/mol. The lowest BCUT2D eigenvalue weighted by atomic mass is 10.2. The highest BCUT2D eigenvalue weighted by atomic mass is 16.2. The summed E-state index contributed by atoms with van der Waals surface area (Å²) in [4.78, 5) is 28.0. The van der Waals surface area contributed by atoms with Crippen molar-refractivity contribution in [2.45, 2.75) is 0 Å². The number of amides is 3. The number of hydrogen-bond acceptors (Lipinski definition) is 3. The van der Waals surface area contributed by atoms with Crippen LogP contribution in [0.5, 0.6) is 0 Å². The summed E-state index contributed by atoms with van der Waals surface area (Å²) < 4.78 is 1.71. The molecule has 2 aromatic carbocycles. The molecule has 0 bridgehead atoms. The summed E-state index contributed by atoms with van der Waals surface area (Å²) in [6.07, 6.45) is 3.10. The molecule has 0 radical (unpaired) electrons. The Morgan fingerprint density at radius 1 is 0.960 bits per heavy atom. The van der Waals surface area contributed by atoms with Gasteiger partial charge in [0.05, 0.1) is 12.5 Å². The number of aromatic nitrogens is 2. The van der Waals surface area contributed by atoms with Crippen molar-refractivity contribution in [3.05, 3.63) is 72.8 Å². The minimum atomic E-state index is -0.328. The number of urea groups is 1. The van der Waals surface area contributed by atoms with E-state index in [1.807, 2.05) is 30.3 Å².